The van der Waals surface area contributed by atoms with Crippen molar-refractivity contribution in [1.82, 2.24) is 0 Å². The Morgan fingerprint density at radius 2 is 2.04 bits per heavy atom. The van der Waals surface area contributed by atoms with Gasteiger partial charge in [-0.25, -0.2) is 0 Å². The van der Waals surface area contributed by atoms with Crippen molar-refractivity contribution in [3.8, 4) is 0 Å². The maximum absolute atomic E-state index is 12.6. The normalized spacial score (nSPS) is 33.5. The van der Waals surface area contributed by atoms with Crippen LogP contribution in [-0.2, 0) is 11.2 Å². The van der Waals surface area contributed by atoms with Crippen LogP contribution < -0.4 is 0 Å². The van der Waals surface area contributed by atoms with Crippen molar-refractivity contribution in [3.63, 3.8) is 0 Å². The molecule has 0 aromatic heterocycles. The molecule has 1 aliphatic heterocycles. The average molecular weight is 363 g/mol. The maximum Gasteiger partial charge on any atom is 0.522 e. The van der Waals surface area contributed by atoms with Crippen LogP contribution in [0.1, 0.15) is 49.8 Å². The summed E-state index contributed by atoms with van der Waals surface area (Å²) in [4.78, 5) is 5.10. The molecule has 4 rings (SSSR count). The van der Waals surface area contributed by atoms with E-state index >= 15 is 0 Å². The van der Waals surface area contributed by atoms with Gasteiger partial charge in [0.05, 0.1) is 12.1 Å². The smallest absolute Gasteiger partial charge is 0.289 e. The first-order valence-corrected chi connectivity index (χ1v) is 9.52. The van der Waals surface area contributed by atoms with Crippen molar-refractivity contribution in [2.75, 3.05) is 0 Å². The minimum Gasteiger partial charge on any atom is -0.289 e. The monoisotopic (exact) mass is 363 g/mol. The lowest BCUT2D eigenvalue weighted by molar-refractivity contribution is -0.345. The van der Waals surface area contributed by atoms with Crippen LogP contribution in [0.3, 0.4) is 0 Å². The Labute approximate surface area is 152 Å². The highest BCUT2D eigenvalue weighted by atomic mass is 19.4. The molecule has 2 nitrogen and oxygen atoms in total. The van der Waals surface area contributed by atoms with Crippen LogP contribution in [-0.4, -0.2) is 18.2 Å². The first-order valence-electron chi connectivity index (χ1n) is 9.52. The summed E-state index contributed by atoms with van der Waals surface area (Å²) >= 11 is 0. The number of hydrogen-bond donors (Lipinski definition) is 0. The predicted molar refractivity (Wildman–Crippen MR) is 95.0 cm³/mol. The number of fused-ring (bicyclic) bond motifs is 3. The quantitative estimate of drug-likeness (QED) is 0.637. The average Bonchev–Trinajstić information content (AvgIpc) is 3.10. The van der Waals surface area contributed by atoms with E-state index in [4.69, 9.17) is 4.99 Å². The number of alkyl halides is 3. The minimum absolute atomic E-state index is 0.0879. The van der Waals surface area contributed by atoms with E-state index in [1.54, 1.807) is 0 Å². The number of benzene rings is 1. The SMILES string of the molecule is CCc1ccccc1C1N=C2CCC(OC(F)(F)F)CC2C2C=CCC12. The van der Waals surface area contributed by atoms with Crippen LogP contribution in [0, 0.1) is 17.8 Å². The highest BCUT2D eigenvalue weighted by molar-refractivity contribution is 5.89. The molecule has 5 atom stereocenters. The van der Waals surface area contributed by atoms with E-state index in [0.717, 1.165) is 18.6 Å². The highest BCUT2D eigenvalue weighted by Gasteiger charge is 2.46. The number of ether oxygens (including phenoxy) is 1. The number of halogens is 3. The molecular formula is C21H24F3NO. The van der Waals surface area contributed by atoms with E-state index in [1.807, 2.05) is 0 Å². The van der Waals surface area contributed by atoms with Crippen LogP contribution in [0.25, 0.3) is 0 Å². The zero-order valence-corrected chi connectivity index (χ0v) is 14.9. The van der Waals surface area contributed by atoms with Crippen LogP contribution >= 0.6 is 0 Å². The third-order valence-corrected chi connectivity index (χ3v) is 6.16. The van der Waals surface area contributed by atoms with E-state index < -0.39 is 12.5 Å². The number of hydrogen-bond acceptors (Lipinski definition) is 2. The van der Waals surface area contributed by atoms with Crippen LogP contribution in [0.4, 0.5) is 13.2 Å². The second kappa shape index (κ2) is 6.84. The lowest BCUT2D eigenvalue weighted by Crippen LogP contribution is -2.42. The zero-order valence-electron chi connectivity index (χ0n) is 14.9. The maximum atomic E-state index is 12.6. The van der Waals surface area contributed by atoms with E-state index in [1.165, 1.54) is 11.1 Å². The zero-order chi connectivity index (χ0) is 18.3. The molecular weight excluding hydrogens is 339 g/mol. The van der Waals surface area contributed by atoms with E-state index in [-0.39, 0.29) is 17.9 Å². The molecule has 0 saturated heterocycles. The molecule has 0 spiro atoms. The molecule has 0 N–H and O–H groups in total. The van der Waals surface area contributed by atoms with Gasteiger partial charge in [0.1, 0.15) is 0 Å². The Hall–Kier alpha value is -1.62. The Morgan fingerprint density at radius 1 is 1.23 bits per heavy atom. The first kappa shape index (κ1) is 17.8. The number of rotatable bonds is 3. The molecule has 1 aromatic carbocycles. The number of aliphatic imine (C=N–C) groups is 1. The van der Waals surface area contributed by atoms with Crippen LogP contribution in [0.2, 0.25) is 0 Å². The lowest BCUT2D eigenvalue weighted by Gasteiger charge is -2.43. The molecule has 1 aromatic rings. The van der Waals surface area contributed by atoms with Gasteiger partial charge >= 0.3 is 6.36 Å². The Bertz CT molecular complexity index is 724. The topological polar surface area (TPSA) is 21.6 Å². The van der Waals surface area contributed by atoms with Crippen molar-refractivity contribution in [3.05, 3.63) is 47.5 Å². The summed E-state index contributed by atoms with van der Waals surface area (Å²) in [6.45, 7) is 2.15. The van der Waals surface area contributed by atoms with Gasteiger partial charge in [-0.2, -0.15) is 0 Å². The van der Waals surface area contributed by atoms with Crippen molar-refractivity contribution in [2.24, 2.45) is 22.7 Å². The summed E-state index contributed by atoms with van der Waals surface area (Å²) in [5.74, 6) is 0.711. The second-order valence-corrected chi connectivity index (χ2v) is 7.59. The molecule has 3 aliphatic rings. The molecule has 1 fully saturated rings. The summed E-state index contributed by atoms with van der Waals surface area (Å²) < 4.78 is 42.2. The molecule has 0 bridgehead atoms. The van der Waals surface area contributed by atoms with Gasteiger partial charge in [0.15, 0.2) is 0 Å². The molecule has 2 aliphatic carbocycles. The fraction of sp³-hybridized carbons (Fsp3) is 0.571. The summed E-state index contributed by atoms with van der Waals surface area (Å²) in [6.07, 6.45) is 2.44. The number of aryl methyl sites for hydroxylation is 1. The van der Waals surface area contributed by atoms with Gasteiger partial charge in [-0.1, -0.05) is 43.3 Å². The van der Waals surface area contributed by atoms with Gasteiger partial charge in [0, 0.05) is 11.6 Å². The third kappa shape index (κ3) is 3.34. The van der Waals surface area contributed by atoms with Gasteiger partial charge in [-0.05, 0) is 55.1 Å². The minimum atomic E-state index is -4.55. The molecule has 140 valence electrons. The Morgan fingerprint density at radius 3 is 2.81 bits per heavy atom. The molecule has 0 radical (unpaired) electrons. The Balaban J connectivity index is 1.63. The van der Waals surface area contributed by atoms with Crippen molar-refractivity contribution >= 4 is 5.71 Å². The third-order valence-electron chi connectivity index (χ3n) is 6.16. The first-order chi connectivity index (χ1) is 12.5. The van der Waals surface area contributed by atoms with E-state index in [9.17, 15) is 13.2 Å². The number of nitrogens with zero attached hydrogens (tertiary/aromatic N) is 1. The molecule has 1 heterocycles. The summed E-state index contributed by atoms with van der Waals surface area (Å²) in [7, 11) is 0. The molecule has 1 saturated carbocycles. The number of allylic oxidation sites excluding steroid dienone is 2. The molecule has 5 unspecified atom stereocenters. The largest absolute Gasteiger partial charge is 0.522 e. The van der Waals surface area contributed by atoms with Gasteiger partial charge in [-0.3, -0.25) is 9.73 Å². The van der Waals surface area contributed by atoms with Crippen LogP contribution in [0.15, 0.2) is 41.4 Å². The van der Waals surface area contributed by atoms with E-state index in [2.05, 4.69) is 48.1 Å². The Kier molecular flexibility index (Phi) is 4.68. The van der Waals surface area contributed by atoms with Gasteiger partial charge < -0.3 is 0 Å². The van der Waals surface area contributed by atoms with Crippen molar-refractivity contribution in [2.45, 2.75) is 57.5 Å². The van der Waals surface area contributed by atoms with E-state index in [0.29, 0.717) is 25.2 Å². The molecule has 0 amide bonds. The van der Waals surface area contributed by atoms with Gasteiger partial charge in [-0.15, -0.1) is 13.2 Å². The fourth-order valence-corrected chi connectivity index (χ4v) is 5.05. The second-order valence-electron chi connectivity index (χ2n) is 7.59. The highest BCUT2D eigenvalue weighted by Crippen LogP contribution is 2.50. The summed E-state index contributed by atoms with van der Waals surface area (Å²) in [5, 5.41) is 0. The lowest BCUT2D eigenvalue weighted by atomic mass is 9.68. The molecule has 5 heteroatoms. The molecule has 26 heavy (non-hydrogen) atoms. The van der Waals surface area contributed by atoms with Crippen molar-refractivity contribution in [1.29, 1.82) is 0 Å². The standard InChI is InChI=1S/C21H24F3NO/c1-2-13-6-3-4-7-15(13)20-17-9-5-8-16(17)18-12-14(26-21(22,23)24)10-11-19(18)25-20/h3-8,14,16-18,20H,2,9-12H2,1H3. The summed E-state index contributed by atoms with van der Waals surface area (Å²) in [6, 6.07) is 8.57. The fourth-order valence-electron chi connectivity index (χ4n) is 5.05. The summed E-state index contributed by atoms with van der Waals surface area (Å²) in [5.41, 5.74) is 3.70. The van der Waals surface area contributed by atoms with Gasteiger partial charge in [0.2, 0.25) is 0 Å². The van der Waals surface area contributed by atoms with Crippen molar-refractivity contribution < 1.29 is 17.9 Å². The predicted octanol–water partition coefficient (Wildman–Crippen LogP) is 5.64. The van der Waals surface area contributed by atoms with Gasteiger partial charge in [0.25, 0.3) is 0 Å². The van der Waals surface area contributed by atoms with Crippen LogP contribution in [0.5, 0.6) is 0 Å².